The minimum absolute atomic E-state index is 0.262. The van der Waals surface area contributed by atoms with Gasteiger partial charge in [-0.05, 0) is 22.9 Å². The van der Waals surface area contributed by atoms with Crippen molar-refractivity contribution in [3.05, 3.63) is 21.9 Å². The second kappa shape index (κ2) is 4.81. The van der Waals surface area contributed by atoms with Gasteiger partial charge in [-0.1, -0.05) is 0 Å². The van der Waals surface area contributed by atoms with Crippen molar-refractivity contribution >= 4 is 15.9 Å². The van der Waals surface area contributed by atoms with Crippen LogP contribution >= 0.6 is 15.9 Å². The molecule has 0 bridgehead atoms. The Morgan fingerprint density at radius 1 is 1.33 bits per heavy atom. The molecule has 0 fully saturated rings. The van der Waals surface area contributed by atoms with Crippen molar-refractivity contribution in [2.24, 2.45) is 5.73 Å². The second-order valence-corrected chi connectivity index (χ2v) is 3.90. The molecule has 1 atom stereocenters. The van der Waals surface area contributed by atoms with E-state index in [1.807, 2.05) is 0 Å². The maximum atomic E-state index is 13.9. The summed E-state index contributed by atoms with van der Waals surface area (Å²) < 4.78 is 24.2. The lowest BCUT2D eigenvalue weighted by Crippen LogP contribution is -2.10. The van der Waals surface area contributed by atoms with E-state index in [2.05, 4.69) is 15.9 Å². The fourth-order valence-electron chi connectivity index (χ4n) is 1.34. The molecule has 1 rings (SSSR count). The zero-order chi connectivity index (χ0) is 11.6. The predicted octanol–water partition coefficient (Wildman–Crippen LogP) is 2.63. The highest BCUT2D eigenvalue weighted by Gasteiger charge is 2.20. The van der Waals surface area contributed by atoms with Gasteiger partial charge in [-0.2, -0.15) is 0 Å². The van der Waals surface area contributed by atoms with E-state index in [0.29, 0.717) is 17.1 Å². The maximum Gasteiger partial charge on any atom is 0.149 e. The molecule has 0 amide bonds. The number of nitrogens with two attached hydrogens (primary N) is 1. The average molecular weight is 278 g/mol. The molecule has 0 spiro atoms. The maximum absolute atomic E-state index is 13.9. The Hall–Kier alpha value is -0.810. The first-order valence-electron chi connectivity index (χ1n) is 4.38. The molecule has 1 aromatic rings. The molecule has 0 aliphatic rings. The van der Waals surface area contributed by atoms with Gasteiger partial charge in [0.05, 0.1) is 18.7 Å². The summed E-state index contributed by atoms with van der Waals surface area (Å²) >= 11 is 3.11. The summed E-state index contributed by atoms with van der Waals surface area (Å²) in [6.45, 7) is 1.69. The van der Waals surface area contributed by atoms with E-state index in [-0.39, 0.29) is 4.47 Å². The van der Waals surface area contributed by atoms with Gasteiger partial charge >= 0.3 is 0 Å². The summed E-state index contributed by atoms with van der Waals surface area (Å²) in [4.78, 5) is 0. The Balaban J connectivity index is 3.44. The summed E-state index contributed by atoms with van der Waals surface area (Å²) in [6, 6.07) is 1.16. The van der Waals surface area contributed by atoms with Crippen LogP contribution in [-0.4, -0.2) is 14.2 Å². The monoisotopic (exact) mass is 277 g/mol. The fourth-order valence-corrected chi connectivity index (χ4v) is 1.83. The molecule has 0 aromatic heterocycles. The SMILES string of the molecule is COc1cc(OC)c(C(C)N)c(F)c1Br. The molecule has 0 heterocycles. The normalized spacial score (nSPS) is 12.4. The van der Waals surface area contributed by atoms with Gasteiger partial charge in [-0.3, -0.25) is 0 Å². The fraction of sp³-hybridized carbons (Fsp3) is 0.400. The smallest absolute Gasteiger partial charge is 0.149 e. The summed E-state index contributed by atoms with van der Waals surface area (Å²) in [6.07, 6.45) is 0. The zero-order valence-electron chi connectivity index (χ0n) is 8.80. The van der Waals surface area contributed by atoms with E-state index in [1.165, 1.54) is 14.2 Å². The predicted molar refractivity (Wildman–Crippen MR) is 59.8 cm³/mol. The van der Waals surface area contributed by atoms with Gasteiger partial charge in [0.15, 0.2) is 0 Å². The summed E-state index contributed by atoms with van der Waals surface area (Å²) in [5, 5.41) is 0. The Morgan fingerprint density at radius 3 is 2.27 bits per heavy atom. The van der Waals surface area contributed by atoms with Gasteiger partial charge in [0, 0.05) is 17.7 Å². The van der Waals surface area contributed by atoms with Crippen molar-refractivity contribution in [2.45, 2.75) is 13.0 Å². The molecule has 0 radical (unpaired) electrons. The topological polar surface area (TPSA) is 44.5 Å². The van der Waals surface area contributed by atoms with Gasteiger partial charge in [-0.15, -0.1) is 0 Å². The quantitative estimate of drug-likeness (QED) is 0.924. The molecule has 5 heteroatoms. The molecular weight excluding hydrogens is 265 g/mol. The number of hydrogen-bond donors (Lipinski definition) is 1. The number of hydrogen-bond acceptors (Lipinski definition) is 3. The lowest BCUT2D eigenvalue weighted by Gasteiger charge is -2.16. The van der Waals surface area contributed by atoms with Crippen LogP contribution in [0.3, 0.4) is 0 Å². The minimum Gasteiger partial charge on any atom is -0.496 e. The van der Waals surface area contributed by atoms with Crippen LogP contribution in [0.25, 0.3) is 0 Å². The summed E-state index contributed by atoms with van der Waals surface area (Å²) in [5.41, 5.74) is 6.01. The van der Waals surface area contributed by atoms with Gasteiger partial charge in [0.1, 0.15) is 17.3 Å². The van der Waals surface area contributed by atoms with E-state index < -0.39 is 11.9 Å². The Kier molecular flexibility index (Phi) is 3.93. The minimum atomic E-state index is -0.443. The van der Waals surface area contributed by atoms with Crippen LogP contribution in [0, 0.1) is 5.82 Å². The number of rotatable bonds is 3. The molecule has 0 saturated carbocycles. The van der Waals surface area contributed by atoms with E-state index in [1.54, 1.807) is 13.0 Å². The van der Waals surface area contributed by atoms with Gasteiger partial charge in [0.25, 0.3) is 0 Å². The van der Waals surface area contributed by atoms with Gasteiger partial charge in [-0.25, -0.2) is 4.39 Å². The van der Waals surface area contributed by atoms with Crippen molar-refractivity contribution in [3.63, 3.8) is 0 Å². The van der Waals surface area contributed by atoms with Crippen LogP contribution in [0.4, 0.5) is 4.39 Å². The van der Waals surface area contributed by atoms with Crippen LogP contribution in [0.5, 0.6) is 11.5 Å². The van der Waals surface area contributed by atoms with Crippen LogP contribution in [-0.2, 0) is 0 Å². The lowest BCUT2D eigenvalue weighted by atomic mass is 10.1. The molecule has 0 aliphatic carbocycles. The number of benzene rings is 1. The highest BCUT2D eigenvalue weighted by Crippen LogP contribution is 2.38. The van der Waals surface area contributed by atoms with Gasteiger partial charge < -0.3 is 15.2 Å². The van der Waals surface area contributed by atoms with Crippen molar-refractivity contribution in [1.82, 2.24) is 0 Å². The Labute approximate surface area is 96.5 Å². The van der Waals surface area contributed by atoms with E-state index >= 15 is 0 Å². The van der Waals surface area contributed by atoms with Crippen LogP contribution < -0.4 is 15.2 Å². The highest BCUT2D eigenvalue weighted by molar-refractivity contribution is 9.10. The third-order valence-electron chi connectivity index (χ3n) is 2.07. The van der Waals surface area contributed by atoms with Crippen LogP contribution in [0.15, 0.2) is 10.5 Å². The van der Waals surface area contributed by atoms with E-state index in [9.17, 15) is 4.39 Å². The summed E-state index contributed by atoms with van der Waals surface area (Å²) in [5.74, 6) is 0.331. The van der Waals surface area contributed by atoms with E-state index in [4.69, 9.17) is 15.2 Å². The van der Waals surface area contributed by atoms with Crippen LogP contribution in [0.1, 0.15) is 18.5 Å². The third kappa shape index (κ3) is 2.23. The molecule has 0 saturated heterocycles. The third-order valence-corrected chi connectivity index (χ3v) is 2.81. The van der Waals surface area contributed by atoms with Crippen LogP contribution in [0.2, 0.25) is 0 Å². The number of methoxy groups -OCH3 is 2. The average Bonchev–Trinajstić information content (AvgIpc) is 2.20. The Morgan fingerprint density at radius 2 is 1.87 bits per heavy atom. The largest absolute Gasteiger partial charge is 0.496 e. The van der Waals surface area contributed by atoms with Crippen molar-refractivity contribution in [3.8, 4) is 11.5 Å². The van der Waals surface area contributed by atoms with E-state index in [0.717, 1.165) is 0 Å². The second-order valence-electron chi connectivity index (χ2n) is 3.11. The molecule has 1 aromatic carbocycles. The van der Waals surface area contributed by atoms with Gasteiger partial charge in [0.2, 0.25) is 0 Å². The standard InChI is InChI=1S/C10H13BrFNO2/c1-5(13)8-6(14-2)4-7(15-3)9(11)10(8)12/h4-5H,13H2,1-3H3. The first-order valence-corrected chi connectivity index (χ1v) is 5.17. The first-order chi connectivity index (χ1) is 7.02. The summed E-state index contributed by atoms with van der Waals surface area (Å²) in [7, 11) is 2.93. The molecule has 1 unspecified atom stereocenters. The molecule has 84 valence electrons. The molecular formula is C10H13BrFNO2. The lowest BCUT2D eigenvalue weighted by molar-refractivity contribution is 0.378. The van der Waals surface area contributed by atoms with Crippen molar-refractivity contribution in [2.75, 3.05) is 14.2 Å². The first kappa shape index (κ1) is 12.3. The zero-order valence-corrected chi connectivity index (χ0v) is 10.4. The molecule has 15 heavy (non-hydrogen) atoms. The Bertz CT molecular complexity index is 369. The van der Waals surface area contributed by atoms with Crippen molar-refractivity contribution in [1.29, 1.82) is 0 Å². The highest BCUT2D eigenvalue weighted by atomic mass is 79.9. The number of ether oxygens (including phenoxy) is 2. The number of halogens is 2. The molecule has 2 N–H and O–H groups in total. The van der Waals surface area contributed by atoms with Crippen molar-refractivity contribution < 1.29 is 13.9 Å². The molecule has 0 aliphatic heterocycles. The molecule has 3 nitrogen and oxygen atoms in total.